The second-order valence-electron chi connectivity index (χ2n) is 5.06. The lowest BCUT2D eigenvalue weighted by Gasteiger charge is -2.28. The van der Waals surface area contributed by atoms with Crippen LogP contribution in [0, 0.1) is 0 Å². The van der Waals surface area contributed by atoms with Crippen LogP contribution in [0.4, 0.5) is 0 Å². The zero-order valence-corrected chi connectivity index (χ0v) is 10.7. The van der Waals surface area contributed by atoms with E-state index in [4.69, 9.17) is 9.47 Å². The van der Waals surface area contributed by atoms with E-state index < -0.39 is 11.4 Å². The van der Waals surface area contributed by atoms with Crippen LogP contribution >= 0.6 is 0 Å². The third kappa shape index (κ3) is 2.45. The van der Waals surface area contributed by atoms with Crippen LogP contribution in [0.25, 0.3) is 0 Å². The summed E-state index contributed by atoms with van der Waals surface area (Å²) in [6.07, 6.45) is 1.90. The van der Waals surface area contributed by atoms with Gasteiger partial charge in [-0.15, -0.1) is 0 Å². The lowest BCUT2D eigenvalue weighted by molar-refractivity contribution is -0.177. The molecular weight excluding hydrogens is 216 g/mol. The first-order valence-corrected chi connectivity index (χ1v) is 6.11. The summed E-state index contributed by atoms with van der Waals surface area (Å²) < 4.78 is 11.9. The molecule has 1 N–H and O–H groups in total. The van der Waals surface area contributed by atoms with E-state index in [9.17, 15) is 5.11 Å². The van der Waals surface area contributed by atoms with Gasteiger partial charge in [-0.2, -0.15) is 0 Å². The van der Waals surface area contributed by atoms with Crippen LogP contribution < -0.4 is 0 Å². The van der Waals surface area contributed by atoms with Crippen molar-refractivity contribution in [2.24, 2.45) is 0 Å². The Kier molecular flexibility index (Phi) is 3.15. The Morgan fingerprint density at radius 3 is 2.76 bits per heavy atom. The Hall–Kier alpha value is -1.06. The second kappa shape index (κ2) is 4.31. The van der Waals surface area contributed by atoms with Crippen molar-refractivity contribution in [3.63, 3.8) is 0 Å². The largest absolute Gasteiger partial charge is 0.508 e. The molecule has 0 aromatic heterocycles. The third-order valence-corrected chi connectivity index (χ3v) is 3.26. The molecule has 3 nitrogen and oxygen atoms in total. The topological polar surface area (TPSA) is 38.7 Å². The molecule has 1 aromatic carbocycles. The standard InChI is InChI=1S/C14H20O3/c1-4-8-14(3)16-10-13(2,17-14)11-6-5-7-12(15)9-11/h5-7,9,15H,4,8,10H2,1-3H3. The fourth-order valence-corrected chi connectivity index (χ4v) is 2.38. The maximum atomic E-state index is 9.52. The normalized spacial score (nSPS) is 32.9. The van der Waals surface area contributed by atoms with Crippen LogP contribution in [-0.2, 0) is 15.1 Å². The van der Waals surface area contributed by atoms with Crippen LogP contribution in [0.1, 0.15) is 39.2 Å². The minimum atomic E-state index is -0.505. The Balaban J connectivity index is 2.22. The molecule has 2 atom stereocenters. The number of benzene rings is 1. The SMILES string of the molecule is CCCC1(C)OCC(C)(c2cccc(O)c2)O1. The van der Waals surface area contributed by atoms with Gasteiger partial charge in [0.05, 0.1) is 6.61 Å². The summed E-state index contributed by atoms with van der Waals surface area (Å²) in [4.78, 5) is 0. The molecule has 17 heavy (non-hydrogen) atoms. The van der Waals surface area contributed by atoms with Gasteiger partial charge in [-0.3, -0.25) is 0 Å². The van der Waals surface area contributed by atoms with Crippen LogP contribution in [0.5, 0.6) is 5.75 Å². The molecule has 0 radical (unpaired) electrons. The lowest BCUT2D eigenvalue weighted by Crippen LogP contribution is -2.30. The smallest absolute Gasteiger partial charge is 0.166 e. The summed E-state index contributed by atoms with van der Waals surface area (Å²) in [6.45, 7) is 6.61. The van der Waals surface area contributed by atoms with Crippen molar-refractivity contribution < 1.29 is 14.6 Å². The number of ether oxygens (including phenoxy) is 2. The van der Waals surface area contributed by atoms with Gasteiger partial charge in [-0.25, -0.2) is 0 Å². The number of hydrogen-bond donors (Lipinski definition) is 1. The van der Waals surface area contributed by atoms with E-state index in [0.717, 1.165) is 18.4 Å². The zero-order valence-electron chi connectivity index (χ0n) is 10.7. The molecule has 94 valence electrons. The molecule has 1 aliphatic rings. The predicted molar refractivity (Wildman–Crippen MR) is 65.8 cm³/mol. The van der Waals surface area contributed by atoms with Crippen LogP contribution in [-0.4, -0.2) is 17.5 Å². The van der Waals surface area contributed by atoms with E-state index in [0.29, 0.717) is 6.61 Å². The molecule has 0 spiro atoms. The molecule has 3 heteroatoms. The van der Waals surface area contributed by atoms with E-state index >= 15 is 0 Å². The van der Waals surface area contributed by atoms with E-state index in [-0.39, 0.29) is 5.75 Å². The summed E-state index contributed by atoms with van der Waals surface area (Å²) in [6, 6.07) is 7.18. The van der Waals surface area contributed by atoms with Crippen molar-refractivity contribution in [2.75, 3.05) is 6.61 Å². The highest BCUT2D eigenvalue weighted by atomic mass is 16.8. The quantitative estimate of drug-likeness (QED) is 0.876. The summed E-state index contributed by atoms with van der Waals surface area (Å²) in [5.41, 5.74) is 0.486. The highest BCUT2D eigenvalue weighted by Crippen LogP contribution is 2.41. The van der Waals surface area contributed by atoms with E-state index in [1.165, 1.54) is 0 Å². The van der Waals surface area contributed by atoms with Gasteiger partial charge in [0.1, 0.15) is 11.4 Å². The Morgan fingerprint density at radius 1 is 1.35 bits per heavy atom. The highest BCUT2D eigenvalue weighted by molar-refractivity contribution is 5.31. The van der Waals surface area contributed by atoms with Crippen molar-refractivity contribution in [3.8, 4) is 5.75 Å². The molecule has 1 fully saturated rings. The number of aromatic hydroxyl groups is 1. The average Bonchev–Trinajstić information content (AvgIpc) is 2.57. The average molecular weight is 236 g/mol. The van der Waals surface area contributed by atoms with Gasteiger partial charge in [0.25, 0.3) is 0 Å². The summed E-state index contributed by atoms with van der Waals surface area (Å²) in [5.74, 6) is -0.244. The minimum absolute atomic E-state index is 0.261. The predicted octanol–water partition coefficient (Wildman–Crippen LogP) is 3.17. The number of hydrogen-bond acceptors (Lipinski definition) is 3. The van der Waals surface area contributed by atoms with E-state index in [2.05, 4.69) is 6.92 Å². The van der Waals surface area contributed by atoms with Gasteiger partial charge in [-0.1, -0.05) is 25.5 Å². The van der Waals surface area contributed by atoms with Crippen molar-refractivity contribution >= 4 is 0 Å². The second-order valence-corrected chi connectivity index (χ2v) is 5.06. The first kappa shape index (κ1) is 12.4. The molecule has 1 saturated heterocycles. The number of phenolic OH excluding ortho intramolecular Hbond substituents is 1. The molecule has 1 heterocycles. The fraction of sp³-hybridized carbons (Fsp3) is 0.571. The molecule has 0 saturated carbocycles. The van der Waals surface area contributed by atoms with Crippen LogP contribution in [0.3, 0.4) is 0 Å². The van der Waals surface area contributed by atoms with Crippen molar-refractivity contribution in [2.45, 2.75) is 45.0 Å². The Morgan fingerprint density at radius 2 is 2.12 bits per heavy atom. The van der Waals surface area contributed by atoms with Gasteiger partial charge in [0, 0.05) is 6.42 Å². The van der Waals surface area contributed by atoms with E-state index in [1.807, 2.05) is 26.0 Å². The molecule has 0 amide bonds. The Bertz CT molecular complexity index is 404. The summed E-state index contributed by atoms with van der Waals surface area (Å²) in [7, 11) is 0. The summed E-state index contributed by atoms with van der Waals surface area (Å²) in [5, 5.41) is 9.52. The molecule has 2 unspecified atom stereocenters. The number of phenols is 1. The van der Waals surface area contributed by atoms with Gasteiger partial charge in [0.15, 0.2) is 5.79 Å². The van der Waals surface area contributed by atoms with Gasteiger partial charge in [-0.05, 0) is 31.5 Å². The van der Waals surface area contributed by atoms with E-state index in [1.54, 1.807) is 12.1 Å². The first-order chi connectivity index (χ1) is 7.97. The molecule has 1 aromatic rings. The van der Waals surface area contributed by atoms with Gasteiger partial charge < -0.3 is 14.6 Å². The van der Waals surface area contributed by atoms with Crippen molar-refractivity contribution in [3.05, 3.63) is 29.8 Å². The van der Waals surface area contributed by atoms with Crippen LogP contribution in [0.2, 0.25) is 0 Å². The van der Waals surface area contributed by atoms with Crippen molar-refractivity contribution in [1.29, 1.82) is 0 Å². The molecule has 0 aliphatic carbocycles. The molecular formula is C14H20O3. The maximum Gasteiger partial charge on any atom is 0.166 e. The van der Waals surface area contributed by atoms with Crippen LogP contribution in [0.15, 0.2) is 24.3 Å². The zero-order chi connectivity index (χ0) is 12.5. The maximum absolute atomic E-state index is 9.52. The van der Waals surface area contributed by atoms with Crippen molar-refractivity contribution in [1.82, 2.24) is 0 Å². The monoisotopic (exact) mass is 236 g/mol. The van der Waals surface area contributed by atoms with Gasteiger partial charge in [0.2, 0.25) is 0 Å². The molecule has 1 aliphatic heterocycles. The Labute approximate surface area is 102 Å². The molecule has 0 bridgehead atoms. The van der Waals surface area contributed by atoms with Gasteiger partial charge >= 0.3 is 0 Å². The minimum Gasteiger partial charge on any atom is -0.508 e. The lowest BCUT2D eigenvalue weighted by atomic mass is 9.97. The summed E-state index contributed by atoms with van der Waals surface area (Å²) >= 11 is 0. The molecule has 2 rings (SSSR count). The number of rotatable bonds is 3. The fourth-order valence-electron chi connectivity index (χ4n) is 2.38. The highest BCUT2D eigenvalue weighted by Gasteiger charge is 2.45. The third-order valence-electron chi connectivity index (χ3n) is 3.26. The first-order valence-electron chi connectivity index (χ1n) is 6.11.